The summed E-state index contributed by atoms with van der Waals surface area (Å²) < 4.78 is 0. The molecule has 1 aromatic carbocycles. The van der Waals surface area contributed by atoms with Gasteiger partial charge in [0.25, 0.3) is 5.91 Å². The second-order valence-electron chi connectivity index (χ2n) is 7.93. The lowest BCUT2D eigenvalue weighted by Gasteiger charge is -2.14. The summed E-state index contributed by atoms with van der Waals surface area (Å²) in [5.74, 6) is 1.60. The minimum absolute atomic E-state index is 0.0891. The summed E-state index contributed by atoms with van der Waals surface area (Å²) in [6.07, 6.45) is 12.7. The van der Waals surface area contributed by atoms with Crippen molar-refractivity contribution < 1.29 is 4.79 Å². The van der Waals surface area contributed by atoms with Gasteiger partial charge in [-0.1, -0.05) is 12.1 Å². The Morgan fingerprint density at radius 1 is 1.20 bits per heavy atom. The predicted molar refractivity (Wildman–Crippen MR) is 120 cm³/mol. The molecule has 0 saturated heterocycles. The highest BCUT2D eigenvalue weighted by atomic mass is 16.1. The van der Waals surface area contributed by atoms with Crippen molar-refractivity contribution in [2.24, 2.45) is 10.9 Å². The fourth-order valence-corrected chi connectivity index (χ4v) is 3.43. The first kappa shape index (κ1) is 19.9. The van der Waals surface area contributed by atoms with Gasteiger partial charge in [-0.25, -0.2) is 4.99 Å². The monoisotopic (exact) mass is 401 g/mol. The molecular formula is C24H27N5O. The molecule has 0 spiro atoms. The van der Waals surface area contributed by atoms with Gasteiger partial charge in [0.05, 0.1) is 5.56 Å². The molecule has 6 heteroatoms. The van der Waals surface area contributed by atoms with Crippen molar-refractivity contribution in [3.63, 3.8) is 0 Å². The molecule has 154 valence electrons. The molecule has 1 aromatic heterocycles. The Morgan fingerprint density at radius 2 is 2.07 bits per heavy atom. The molecule has 3 N–H and O–H groups in total. The quantitative estimate of drug-likeness (QED) is 0.640. The van der Waals surface area contributed by atoms with Gasteiger partial charge in [-0.15, -0.1) is 0 Å². The molecule has 1 unspecified atom stereocenters. The molecule has 1 aliphatic heterocycles. The molecule has 2 heterocycles. The third kappa shape index (κ3) is 5.14. The van der Waals surface area contributed by atoms with Gasteiger partial charge >= 0.3 is 0 Å². The number of hydrogen-bond acceptors (Lipinski definition) is 5. The molecular weight excluding hydrogens is 374 g/mol. The number of benzene rings is 1. The topological polar surface area (TPSA) is 78.4 Å². The van der Waals surface area contributed by atoms with Gasteiger partial charge in [-0.3, -0.25) is 9.78 Å². The highest BCUT2D eigenvalue weighted by molar-refractivity contribution is 6.04. The Labute approximate surface area is 177 Å². The average Bonchev–Trinajstić information content (AvgIpc) is 3.49. The van der Waals surface area contributed by atoms with Crippen molar-refractivity contribution in [3.8, 4) is 0 Å². The van der Waals surface area contributed by atoms with Gasteiger partial charge in [0.15, 0.2) is 0 Å². The number of aliphatic imine (C=N–C) groups is 1. The van der Waals surface area contributed by atoms with E-state index in [9.17, 15) is 4.79 Å². The van der Waals surface area contributed by atoms with E-state index >= 15 is 0 Å². The number of pyridine rings is 1. The highest BCUT2D eigenvalue weighted by Crippen LogP contribution is 2.39. The van der Waals surface area contributed by atoms with Crippen molar-refractivity contribution in [2.75, 3.05) is 5.32 Å². The Morgan fingerprint density at radius 3 is 2.87 bits per heavy atom. The lowest BCUT2D eigenvalue weighted by molar-refractivity contribution is 0.102. The molecule has 0 radical (unpaired) electrons. The maximum absolute atomic E-state index is 12.5. The van der Waals surface area contributed by atoms with E-state index in [2.05, 4.69) is 32.9 Å². The molecule has 2 aromatic rings. The number of nitrogens with one attached hydrogen (secondary N) is 3. The molecule has 6 nitrogen and oxygen atoms in total. The van der Waals surface area contributed by atoms with Crippen LogP contribution in [0.2, 0.25) is 0 Å². The number of carbonyl (C=O) groups excluding carboxylic acids is 1. The van der Waals surface area contributed by atoms with Crippen LogP contribution in [0.4, 0.5) is 5.69 Å². The van der Waals surface area contributed by atoms with E-state index in [1.165, 1.54) is 18.4 Å². The molecule has 30 heavy (non-hydrogen) atoms. The summed E-state index contributed by atoms with van der Waals surface area (Å²) in [5.41, 5.74) is 4.80. The largest absolute Gasteiger partial charge is 0.383 e. The molecule has 2 aliphatic rings. The van der Waals surface area contributed by atoms with Crippen LogP contribution in [-0.2, 0) is 0 Å². The third-order valence-electron chi connectivity index (χ3n) is 5.32. The summed E-state index contributed by atoms with van der Waals surface area (Å²) >= 11 is 0. The van der Waals surface area contributed by atoms with Crippen LogP contribution in [0.5, 0.6) is 0 Å². The molecule has 1 aliphatic carbocycles. The van der Waals surface area contributed by atoms with Crippen molar-refractivity contribution in [1.29, 1.82) is 0 Å². The summed E-state index contributed by atoms with van der Waals surface area (Å²) in [6.45, 7) is 4.00. The summed E-state index contributed by atoms with van der Waals surface area (Å²) in [4.78, 5) is 21.0. The predicted octanol–water partition coefficient (Wildman–Crippen LogP) is 4.45. The molecule has 4 rings (SSSR count). The average molecular weight is 402 g/mol. The maximum atomic E-state index is 12.5. The van der Waals surface area contributed by atoms with Crippen molar-refractivity contribution >= 4 is 17.4 Å². The Balaban J connectivity index is 1.28. The number of anilines is 1. The number of amides is 1. The second kappa shape index (κ2) is 8.95. The molecule has 1 atom stereocenters. The lowest BCUT2D eigenvalue weighted by atomic mass is 10.1. The number of hydrogen-bond donors (Lipinski definition) is 3. The number of aryl methyl sites for hydroxylation is 1. The summed E-state index contributed by atoms with van der Waals surface area (Å²) in [5, 5.41) is 9.55. The number of amidine groups is 1. The number of rotatable bonds is 7. The van der Waals surface area contributed by atoms with Crippen molar-refractivity contribution in [3.05, 3.63) is 83.6 Å². The smallest absolute Gasteiger partial charge is 0.257 e. The SMILES string of the molecule is Cc1cncc(C(=O)Nc2cccc(C(C)NC=CNC3=NC=C(C4CC4)C3)c2)c1. The molecule has 1 fully saturated rings. The standard InChI is InChI=1S/C24H27N5O/c1-16-10-21(14-25-13-16)24(30)29-22-5-3-4-19(11-22)17(2)26-8-9-27-23-12-20(15-28-23)18-6-7-18/h3-5,8-11,13-15,17-18,26H,6-7,12H2,1-2H3,(H,27,28)(H,29,30). The molecule has 1 saturated carbocycles. The molecule has 0 bridgehead atoms. The fraction of sp³-hybridized carbons (Fsp3) is 0.292. The number of nitrogens with zero attached hydrogens (tertiary/aromatic N) is 2. The van der Waals surface area contributed by atoms with Crippen LogP contribution in [0.15, 0.2) is 71.9 Å². The summed E-state index contributed by atoms with van der Waals surface area (Å²) in [7, 11) is 0. The maximum Gasteiger partial charge on any atom is 0.257 e. The second-order valence-corrected chi connectivity index (χ2v) is 7.93. The van der Waals surface area contributed by atoms with E-state index in [1.54, 1.807) is 12.4 Å². The van der Waals surface area contributed by atoms with Gasteiger partial charge in [0, 0.05) is 49.1 Å². The van der Waals surface area contributed by atoms with Crippen LogP contribution in [-0.4, -0.2) is 16.7 Å². The Bertz CT molecular complexity index is 1020. The van der Waals surface area contributed by atoms with Crippen LogP contribution >= 0.6 is 0 Å². The first-order chi connectivity index (χ1) is 14.6. The van der Waals surface area contributed by atoms with E-state index in [0.717, 1.165) is 35.0 Å². The van der Waals surface area contributed by atoms with E-state index in [-0.39, 0.29) is 11.9 Å². The van der Waals surface area contributed by atoms with Crippen LogP contribution in [0.1, 0.15) is 53.7 Å². The lowest BCUT2D eigenvalue weighted by Crippen LogP contribution is -2.18. The van der Waals surface area contributed by atoms with Crippen LogP contribution in [0.3, 0.4) is 0 Å². The van der Waals surface area contributed by atoms with Crippen LogP contribution in [0.25, 0.3) is 0 Å². The van der Waals surface area contributed by atoms with Crippen LogP contribution < -0.4 is 16.0 Å². The van der Waals surface area contributed by atoms with Gasteiger partial charge in [0.2, 0.25) is 0 Å². The van der Waals surface area contributed by atoms with E-state index < -0.39 is 0 Å². The fourth-order valence-electron chi connectivity index (χ4n) is 3.43. The van der Waals surface area contributed by atoms with Gasteiger partial charge in [-0.2, -0.15) is 0 Å². The van der Waals surface area contributed by atoms with E-state index in [4.69, 9.17) is 0 Å². The highest BCUT2D eigenvalue weighted by Gasteiger charge is 2.28. The number of aromatic nitrogens is 1. The van der Waals surface area contributed by atoms with Crippen molar-refractivity contribution in [1.82, 2.24) is 15.6 Å². The van der Waals surface area contributed by atoms with Gasteiger partial charge in [-0.05, 0) is 67.5 Å². The third-order valence-corrected chi connectivity index (χ3v) is 5.32. The van der Waals surface area contributed by atoms with E-state index in [0.29, 0.717) is 5.56 Å². The first-order valence-electron chi connectivity index (χ1n) is 10.3. The first-order valence-corrected chi connectivity index (χ1v) is 10.3. The Kier molecular flexibility index (Phi) is 5.93. The number of carbonyl (C=O) groups is 1. The van der Waals surface area contributed by atoms with E-state index in [1.807, 2.05) is 55.9 Å². The van der Waals surface area contributed by atoms with Gasteiger partial charge < -0.3 is 16.0 Å². The van der Waals surface area contributed by atoms with Gasteiger partial charge in [0.1, 0.15) is 5.84 Å². The minimum Gasteiger partial charge on any atom is -0.383 e. The zero-order valence-corrected chi connectivity index (χ0v) is 17.4. The van der Waals surface area contributed by atoms with Crippen LogP contribution in [0, 0.1) is 12.8 Å². The summed E-state index contributed by atoms with van der Waals surface area (Å²) in [6, 6.07) is 9.76. The zero-order chi connectivity index (χ0) is 20.9. The zero-order valence-electron chi connectivity index (χ0n) is 17.4. The normalized spacial score (nSPS) is 16.7. The molecule has 1 amide bonds. The van der Waals surface area contributed by atoms with Crippen molar-refractivity contribution in [2.45, 2.75) is 39.2 Å². The Hall–Kier alpha value is -3.41. The minimum atomic E-state index is -0.162.